The van der Waals surface area contributed by atoms with Crippen LogP contribution in [0.5, 0.6) is 23.0 Å². The summed E-state index contributed by atoms with van der Waals surface area (Å²) in [5.41, 5.74) is 5.31. The molecule has 0 N–H and O–H groups in total. The molecule has 2 aliphatic heterocycles. The normalized spacial score (nSPS) is 13.6. The van der Waals surface area contributed by atoms with Gasteiger partial charge in [-0.15, -0.1) is 0 Å². The Balaban J connectivity index is 1.66. The first-order valence-electron chi connectivity index (χ1n) is 10.5. The lowest BCUT2D eigenvalue weighted by atomic mass is 9.92. The molecule has 0 spiro atoms. The predicted octanol–water partition coefficient (Wildman–Crippen LogP) is 4.90. The number of rotatable bonds is 3. The van der Waals surface area contributed by atoms with Crippen molar-refractivity contribution in [1.82, 2.24) is 0 Å². The third-order valence-electron chi connectivity index (χ3n) is 6.28. The lowest BCUT2D eigenvalue weighted by Gasteiger charge is -2.19. The highest BCUT2D eigenvalue weighted by atomic mass is 19.1. The molecular formula is C26H21FNO4+. The summed E-state index contributed by atoms with van der Waals surface area (Å²) < 4.78 is 38.4. The van der Waals surface area contributed by atoms with Gasteiger partial charge in [0.25, 0.3) is 0 Å². The van der Waals surface area contributed by atoms with Crippen molar-refractivity contribution in [1.29, 1.82) is 0 Å². The lowest BCUT2D eigenvalue weighted by molar-refractivity contribution is -0.686. The van der Waals surface area contributed by atoms with E-state index in [1.807, 2.05) is 6.07 Å². The Bertz CT molecular complexity index is 1380. The molecule has 3 aromatic carbocycles. The van der Waals surface area contributed by atoms with Crippen molar-refractivity contribution in [3.63, 3.8) is 0 Å². The first kappa shape index (κ1) is 18.9. The van der Waals surface area contributed by atoms with Gasteiger partial charge in [0.1, 0.15) is 5.82 Å². The number of nitrogens with zero attached hydrogens (tertiary/aromatic N) is 1. The number of hydrogen-bond acceptors (Lipinski definition) is 4. The van der Waals surface area contributed by atoms with Gasteiger partial charge in [-0.05, 0) is 47.0 Å². The number of pyridine rings is 1. The standard InChI is InChI=1S/C26H21FNO4/c1-29-25-11-18(15-3-5-17(27)6-4-15)20-10-22-19-12-24-23(31-14-32-24)9-16(19)7-8-28(22)13-21(20)26(25)30-2/h3-6,9-13H,7-8,14H2,1-2H3/q+1. The number of ether oxygens (including phenoxy) is 4. The summed E-state index contributed by atoms with van der Waals surface area (Å²) in [6, 6.07) is 14.8. The van der Waals surface area contributed by atoms with Gasteiger partial charge in [-0.2, -0.15) is 4.57 Å². The zero-order valence-corrected chi connectivity index (χ0v) is 17.8. The van der Waals surface area contributed by atoms with E-state index in [2.05, 4.69) is 29.0 Å². The van der Waals surface area contributed by atoms with Crippen molar-refractivity contribution in [3.8, 4) is 45.4 Å². The van der Waals surface area contributed by atoms with E-state index in [-0.39, 0.29) is 12.6 Å². The Kier molecular flexibility index (Phi) is 4.21. The van der Waals surface area contributed by atoms with Gasteiger partial charge >= 0.3 is 0 Å². The fraction of sp³-hybridized carbons (Fsp3) is 0.192. The minimum atomic E-state index is -0.267. The van der Waals surface area contributed by atoms with E-state index >= 15 is 0 Å². The number of halogens is 1. The summed E-state index contributed by atoms with van der Waals surface area (Å²) in [5, 5.41) is 1.95. The largest absolute Gasteiger partial charge is 0.493 e. The number of hydrogen-bond donors (Lipinski definition) is 0. The molecule has 0 amide bonds. The molecule has 0 aliphatic carbocycles. The van der Waals surface area contributed by atoms with Gasteiger partial charge in [-0.3, -0.25) is 0 Å². The van der Waals surface area contributed by atoms with Crippen LogP contribution >= 0.6 is 0 Å². The molecule has 1 aromatic heterocycles. The van der Waals surface area contributed by atoms with Crippen LogP contribution in [-0.4, -0.2) is 21.0 Å². The van der Waals surface area contributed by atoms with Crippen LogP contribution in [0.2, 0.25) is 0 Å². The molecule has 0 saturated carbocycles. The van der Waals surface area contributed by atoms with Crippen molar-refractivity contribution in [2.24, 2.45) is 0 Å². The molecule has 6 heteroatoms. The maximum Gasteiger partial charge on any atom is 0.231 e. The molecule has 0 atom stereocenters. The predicted molar refractivity (Wildman–Crippen MR) is 118 cm³/mol. The Morgan fingerprint density at radius 2 is 1.66 bits per heavy atom. The number of benzene rings is 3. The molecule has 0 radical (unpaired) electrons. The Morgan fingerprint density at radius 1 is 0.875 bits per heavy atom. The summed E-state index contributed by atoms with van der Waals surface area (Å²) in [5.74, 6) is 2.62. The van der Waals surface area contributed by atoms with Crippen molar-refractivity contribution < 1.29 is 27.9 Å². The third kappa shape index (κ3) is 2.79. The number of fused-ring (bicyclic) bond motifs is 5. The second kappa shape index (κ2) is 7.12. The summed E-state index contributed by atoms with van der Waals surface area (Å²) >= 11 is 0. The quantitative estimate of drug-likeness (QED) is 0.434. The first-order valence-corrected chi connectivity index (χ1v) is 10.5. The zero-order chi connectivity index (χ0) is 21.8. The van der Waals surface area contributed by atoms with Crippen LogP contribution < -0.4 is 23.5 Å². The summed E-state index contributed by atoms with van der Waals surface area (Å²) in [4.78, 5) is 0. The first-order chi connectivity index (χ1) is 15.7. The molecule has 0 saturated heterocycles. The molecule has 0 unspecified atom stereocenters. The second-order valence-electron chi connectivity index (χ2n) is 7.96. The second-order valence-corrected chi connectivity index (χ2v) is 7.96. The summed E-state index contributed by atoms with van der Waals surface area (Å²) in [6.07, 6.45) is 3.01. The van der Waals surface area contributed by atoms with E-state index in [0.29, 0.717) is 11.5 Å². The van der Waals surface area contributed by atoms with Crippen LogP contribution in [0.3, 0.4) is 0 Å². The SMILES string of the molecule is COc1cc(-c2ccc(F)cc2)c2cc3[n+](cc2c1OC)CCc1cc2c(cc1-3)OCO2. The maximum atomic E-state index is 13.6. The van der Waals surface area contributed by atoms with Crippen LogP contribution in [-0.2, 0) is 13.0 Å². The van der Waals surface area contributed by atoms with Gasteiger partial charge in [0.15, 0.2) is 35.7 Å². The van der Waals surface area contributed by atoms with E-state index in [1.165, 1.54) is 17.7 Å². The highest BCUT2D eigenvalue weighted by Gasteiger charge is 2.29. The summed E-state index contributed by atoms with van der Waals surface area (Å²) in [7, 11) is 3.28. The van der Waals surface area contributed by atoms with Crippen LogP contribution in [0.1, 0.15) is 5.56 Å². The molecule has 32 heavy (non-hydrogen) atoms. The minimum Gasteiger partial charge on any atom is -0.493 e. The monoisotopic (exact) mass is 430 g/mol. The van der Waals surface area contributed by atoms with Crippen LogP contribution in [0, 0.1) is 5.82 Å². The Labute approximate surface area is 184 Å². The average Bonchev–Trinajstić information content (AvgIpc) is 3.28. The van der Waals surface area contributed by atoms with Crippen molar-refractivity contribution in [2.45, 2.75) is 13.0 Å². The highest BCUT2D eigenvalue weighted by Crippen LogP contribution is 2.44. The molecule has 5 nitrogen and oxygen atoms in total. The van der Waals surface area contributed by atoms with Crippen LogP contribution in [0.4, 0.5) is 4.39 Å². The number of methoxy groups -OCH3 is 2. The van der Waals surface area contributed by atoms with E-state index in [0.717, 1.165) is 57.6 Å². The third-order valence-corrected chi connectivity index (χ3v) is 6.28. The van der Waals surface area contributed by atoms with Gasteiger partial charge in [0.05, 0.1) is 25.2 Å². The maximum absolute atomic E-state index is 13.6. The molecule has 2 aliphatic rings. The highest BCUT2D eigenvalue weighted by molar-refractivity contribution is 6.02. The molecule has 0 bridgehead atoms. The molecule has 0 fully saturated rings. The lowest BCUT2D eigenvalue weighted by Crippen LogP contribution is -2.40. The number of aromatic nitrogens is 1. The van der Waals surface area contributed by atoms with Gasteiger partial charge in [-0.1, -0.05) is 12.1 Å². The zero-order valence-electron chi connectivity index (χ0n) is 17.8. The molecule has 3 heterocycles. The smallest absolute Gasteiger partial charge is 0.231 e. The Hall–Kier alpha value is -3.80. The summed E-state index contributed by atoms with van der Waals surface area (Å²) in [6.45, 7) is 1.09. The van der Waals surface area contributed by atoms with E-state index in [1.54, 1.807) is 26.4 Å². The Morgan fingerprint density at radius 3 is 2.41 bits per heavy atom. The van der Waals surface area contributed by atoms with Crippen molar-refractivity contribution in [3.05, 3.63) is 66.1 Å². The molecular weight excluding hydrogens is 409 g/mol. The van der Waals surface area contributed by atoms with Gasteiger partial charge in [0.2, 0.25) is 12.5 Å². The van der Waals surface area contributed by atoms with Crippen molar-refractivity contribution >= 4 is 10.8 Å². The van der Waals surface area contributed by atoms with E-state index < -0.39 is 0 Å². The molecule has 6 rings (SSSR count). The van der Waals surface area contributed by atoms with Crippen LogP contribution in [0.25, 0.3) is 33.2 Å². The fourth-order valence-electron chi connectivity index (χ4n) is 4.72. The van der Waals surface area contributed by atoms with Gasteiger partial charge in [-0.25, -0.2) is 4.39 Å². The molecule has 160 valence electrons. The topological polar surface area (TPSA) is 40.8 Å². The van der Waals surface area contributed by atoms with E-state index in [4.69, 9.17) is 18.9 Å². The van der Waals surface area contributed by atoms with E-state index in [9.17, 15) is 4.39 Å². The molecule has 4 aromatic rings. The van der Waals surface area contributed by atoms with Crippen LogP contribution in [0.15, 0.2) is 54.7 Å². The average molecular weight is 430 g/mol. The number of aryl methyl sites for hydroxylation is 2. The minimum absolute atomic E-state index is 0.252. The van der Waals surface area contributed by atoms with Gasteiger partial charge in [0, 0.05) is 17.9 Å². The van der Waals surface area contributed by atoms with Crippen molar-refractivity contribution in [2.75, 3.05) is 21.0 Å². The van der Waals surface area contributed by atoms with Gasteiger partial charge < -0.3 is 18.9 Å². The fourth-order valence-corrected chi connectivity index (χ4v) is 4.72.